The number of aromatic nitrogens is 2. The first-order valence-electron chi connectivity index (χ1n) is 3.94. The molecular formula is C9H6F2N2O. The number of benzene rings is 1. The zero-order valence-electron chi connectivity index (χ0n) is 7.27. The summed E-state index contributed by atoms with van der Waals surface area (Å²) >= 11 is 0. The van der Waals surface area contributed by atoms with Crippen LogP contribution in [0.2, 0.25) is 0 Å². The van der Waals surface area contributed by atoms with Crippen LogP contribution in [-0.4, -0.2) is 15.8 Å². The minimum absolute atomic E-state index is 0.0319. The van der Waals surface area contributed by atoms with Gasteiger partial charge in [-0.15, -0.1) is 0 Å². The van der Waals surface area contributed by atoms with Crippen LogP contribution in [0.15, 0.2) is 12.1 Å². The van der Waals surface area contributed by atoms with Gasteiger partial charge in [-0.25, -0.2) is 13.8 Å². The average molecular weight is 196 g/mol. The first kappa shape index (κ1) is 8.80. The Morgan fingerprint density at radius 3 is 2.79 bits per heavy atom. The van der Waals surface area contributed by atoms with E-state index in [9.17, 15) is 13.6 Å². The van der Waals surface area contributed by atoms with Crippen LogP contribution in [0.1, 0.15) is 17.5 Å². The first-order chi connectivity index (χ1) is 6.59. The van der Waals surface area contributed by atoms with Gasteiger partial charge < -0.3 is 4.98 Å². The molecule has 3 nitrogen and oxygen atoms in total. The lowest BCUT2D eigenvalue weighted by Gasteiger charge is -1.91. The monoisotopic (exact) mass is 196 g/mol. The average Bonchev–Trinajstić information content (AvgIpc) is 2.56. The number of ketones is 1. The highest BCUT2D eigenvalue weighted by molar-refractivity contribution is 5.94. The van der Waals surface area contributed by atoms with Crippen molar-refractivity contribution in [3.05, 3.63) is 29.6 Å². The number of fused-ring (bicyclic) bond motifs is 1. The number of carbonyl (C=O) groups is 1. The molecule has 14 heavy (non-hydrogen) atoms. The van der Waals surface area contributed by atoms with Crippen molar-refractivity contribution in [1.82, 2.24) is 9.97 Å². The third-order valence-electron chi connectivity index (χ3n) is 1.88. The van der Waals surface area contributed by atoms with E-state index < -0.39 is 11.6 Å². The Balaban J connectivity index is 2.77. The Labute approximate surface area is 77.8 Å². The molecule has 0 fully saturated rings. The fraction of sp³-hybridized carbons (Fsp3) is 0.111. The Morgan fingerprint density at radius 1 is 1.43 bits per heavy atom. The molecule has 0 aliphatic heterocycles. The molecule has 0 spiro atoms. The van der Waals surface area contributed by atoms with Gasteiger partial charge in [0.2, 0.25) is 0 Å². The van der Waals surface area contributed by atoms with E-state index >= 15 is 0 Å². The van der Waals surface area contributed by atoms with Gasteiger partial charge in [-0.1, -0.05) is 0 Å². The number of imidazole rings is 1. The van der Waals surface area contributed by atoms with Crippen LogP contribution >= 0.6 is 0 Å². The highest BCUT2D eigenvalue weighted by Crippen LogP contribution is 2.17. The standard InChI is InChI=1S/C9H6F2N2O/c1-4(14)9-12-6-3-2-5(10)7(11)8(6)13-9/h2-3H,1H3,(H,12,13). The zero-order valence-corrected chi connectivity index (χ0v) is 7.27. The predicted octanol–water partition coefficient (Wildman–Crippen LogP) is 2.04. The molecule has 0 amide bonds. The van der Waals surface area contributed by atoms with Crippen LogP contribution in [0.25, 0.3) is 11.0 Å². The van der Waals surface area contributed by atoms with Gasteiger partial charge >= 0.3 is 0 Å². The minimum atomic E-state index is -1.04. The predicted molar refractivity (Wildman–Crippen MR) is 46.0 cm³/mol. The number of nitrogens with zero attached hydrogens (tertiary/aromatic N) is 1. The molecule has 0 bridgehead atoms. The van der Waals surface area contributed by atoms with Crippen molar-refractivity contribution < 1.29 is 13.6 Å². The molecule has 0 atom stereocenters. The first-order valence-corrected chi connectivity index (χ1v) is 3.94. The van der Waals surface area contributed by atoms with Gasteiger partial charge in [-0.2, -0.15) is 0 Å². The third kappa shape index (κ3) is 1.17. The van der Waals surface area contributed by atoms with Crippen LogP contribution in [-0.2, 0) is 0 Å². The smallest absolute Gasteiger partial charge is 0.195 e. The van der Waals surface area contributed by atoms with Crippen molar-refractivity contribution in [3.63, 3.8) is 0 Å². The molecule has 72 valence electrons. The summed E-state index contributed by atoms with van der Waals surface area (Å²) in [5.74, 6) is -2.30. The van der Waals surface area contributed by atoms with Crippen LogP contribution in [0.3, 0.4) is 0 Å². The summed E-state index contributed by atoms with van der Waals surface area (Å²) in [6, 6.07) is 2.33. The summed E-state index contributed by atoms with van der Waals surface area (Å²) in [5.41, 5.74) is 0.171. The molecule has 1 aromatic heterocycles. The number of nitrogens with one attached hydrogen (secondary N) is 1. The number of rotatable bonds is 1. The van der Waals surface area contributed by atoms with E-state index in [0.717, 1.165) is 6.07 Å². The SMILES string of the molecule is CC(=O)c1nc2c(F)c(F)ccc2[nH]1. The fourth-order valence-corrected chi connectivity index (χ4v) is 1.18. The van der Waals surface area contributed by atoms with E-state index in [1.165, 1.54) is 13.0 Å². The maximum Gasteiger partial charge on any atom is 0.195 e. The van der Waals surface area contributed by atoms with Crippen molar-refractivity contribution in [1.29, 1.82) is 0 Å². The number of hydrogen-bond donors (Lipinski definition) is 1. The molecule has 0 aliphatic rings. The molecule has 2 rings (SSSR count). The van der Waals surface area contributed by atoms with Gasteiger partial charge in [0, 0.05) is 6.92 Å². The Kier molecular flexibility index (Phi) is 1.80. The molecule has 1 heterocycles. The second-order valence-electron chi connectivity index (χ2n) is 2.90. The Bertz CT molecular complexity index is 519. The molecule has 0 saturated heterocycles. The summed E-state index contributed by atoms with van der Waals surface area (Å²) in [5, 5.41) is 0. The van der Waals surface area contributed by atoms with Gasteiger partial charge in [0.15, 0.2) is 23.2 Å². The number of carbonyl (C=O) groups excluding carboxylic acids is 1. The van der Waals surface area contributed by atoms with Crippen LogP contribution < -0.4 is 0 Å². The van der Waals surface area contributed by atoms with Gasteiger partial charge in [0.25, 0.3) is 0 Å². The van der Waals surface area contributed by atoms with E-state index in [1.807, 2.05) is 0 Å². The van der Waals surface area contributed by atoms with Gasteiger partial charge in [0.05, 0.1) is 5.52 Å². The van der Waals surface area contributed by atoms with Crippen molar-refractivity contribution in [2.45, 2.75) is 6.92 Å². The quantitative estimate of drug-likeness (QED) is 0.709. The number of hydrogen-bond acceptors (Lipinski definition) is 2. The van der Waals surface area contributed by atoms with E-state index in [2.05, 4.69) is 9.97 Å². The maximum absolute atomic E-state index is 13.1. The van der Waals surface area contributed by atoms with Crippen LogP contribution in [0.5, 0.6) is 0 Å². The van der Waals surface area contributed by atoms with Gasteiger partial charge in [0.1, 0.15) is 5.52 Å². The van der Waals surface area contributed by atoms with Crippen LogP contribution in [0.4, 0.5) is 8.78 Å². The normalized spacial score (nSPS) is 10.8. The summed E-state index contributed by atoms with van der Waals surface area (Å²) in [7, 11) is 0. The second kappa shape index (κ2) is 2.87. The molecular weight excluding hydrogens is 190 g/mol. The molecule has 1 aromatic carbocycles. The van der Waals surface area contributed by atoms with E-state index in [4.69, 9.17) is 0 Å². The van der Waals surface area contributed by atoms with Crippen molar-refractivity contribution in [2.75, 3.05) is 0 Å². The number of aromatic amines is 1. The molecule has 0 radical (unpaired) electrons. The lowest BCUT2D eigenvalue weighted by molar-refractivity contribution is 0.100. The minimum Gasteiger partial charge on any atom is -0.335 e. The van der Waals surface area contributed by atoms with Crippen molar-refractivity contribution in [2.24, 2.45) is 0 Å². The highest BCUT2D eigenvalue weighted by atomic mass is 19.2. The van der Waals surface area contributed by atoms with E-state index in [1.54, 1.807) is 0 Å². The van der Waals surface area contributed by atoms with Gasteiger partial charge in [-0.3, -0.25) is 4.79 Å². The van der Waals surface area contributed by atoms with E-state index in [0.29, 0.717) is 5.52 Å². The number of Topliss-reactive ketones (excluding diaryl/α,β-unsaturated/α-hetero) is 1. The van der Waals surface area contributed by atoms with E-state index in [-0.39, 0.29) is 17.1 Å². The summed E-state index contributed by atoms with van der Waals surface area (Å²) in [6.45, 7) is 1.30. The summed E-state index contributed by atoms with van der Waals surface area (Å²) in [6.07, 6.45) is 0. The van der Waals surface area contributed by atoms with Crippen molar-refractivity contribution in [3.8, 4) is 0 Å². The van der Waals surface area contributed by atoms with Gasteiger partial charge in [-0.05, 0) is 12.1 Å². The molecule has 0 unspecified atom stereocenters. The lowest BCUT2D eigenvalue weighted by atomic mass is 10.3. The molecule has 1 N–H and O–H groups in total. The number of halogens is 2. The largest absolute Gasteiger partial charge is 0.335 e. The van der Waals surface area contributed by atoms with Crippen molar-refractivity contribution >= 4 is 16.8 Å². The fourth-order valence-electron chi connectivity index (χ4n) is 1.18. The highest BCUT2D eigenvalue weighted by Gasteiger charge is 2.13. The summed E-state index contributed by atoms with van der Waals surface area (Å²) < 4.78 is 25.9. The third-order valence-corrected chi connectivity index (χ3v) is 1.88. The molecule has 2 aromatic rings. The Morgan fingerprint density at radius 2 is 2.14 bits per heavy atom. The zero-order chi connectivity index (χ0) is 10.3. The summed E-state index contributed by atoms with van der Waals surface area (Å²) in [4.78, 5) is 17.1. The Hall–Kier alpha value is -1.78. The topological polar surface area (TPSA) is 45.8 Å². The second-order valence-corrected chi connectivity index (χ2v) is 2.90. The maximum atomic E-state index is 13.1. The molecule has 0 aliphatic carbocycles. The lowest BCUT2D eigenvalue weighted by Crippen LogP contribution is -1.93. The number of H-pyrrole nitrogens is 1. The molecule has 0 saturated carbocycles. The van der Waals surface area contributed by atoms with Crippen LogP contribution in [0, 0.1) is 11.6 Å². The molecule has 5 heteroatoms.